The summed E-state index contributed by atoms with van der Waals surface area (Å²) in [5, 5.41) is 2.94. The summed E-state index contributed by atoms with van der Waals surface area (Å²) in [5.41, 5.74) is 0.199. The van der Waals surface area contributed by atoms with Crippen LogP contribution >= 0.6 is 0 Å². The lowest BCUT2D eigenvalue weighted by Gasteiger charge is -2.14. The highest BCUT2D eigenvalue weighted by atomic mass is 32.2. The smallest absolute Gasteiger partial charge is 0.202 e. The number of ketones is 1. The Balaban J connectivity index is 3.31. The first-order chi connectivity index (χ1) is 8.20. The van der Waals surface area contributed by atoms with Gasteiger partial charge in [-0.05, 0) is 20.8 Å². The Bertz CT molecular complexity index is 545. The van der Waals surface area contributed by atoms with E-state index < -0.39 is 20.9 Å². The summed E-state index contributed by atoms with van der Waals surface area (Å²) in [6, 6.07) is -0.0559. The van der Waals surface area contributed by atoms with E-state index in [0.717, 1.165) is 6.26 Å². The summed E-state index contributed by atoms with van der Waals surface area (Å²) in [7, 11) is -2.02. The largest absolute Gasteiger partial charge is 0.493 e. The molecule has 102 valence electrons. The predicted octanol–water partition coefficient (Wildman–Crippen LogP) is 1.09. The molecule has 0 amide bonds. The third-order valence-electron chi connectivity index (χ3n) is 2.72. The van der Waals surface area contributed by atoms with Gasteiger partial charge in [-0.3, -0.25) is 9.48 Å². The molecule has 1 unspecified atom stereocenters. The molecule has 0 saturated heterocycles. The molecule has 1 atom stereocenters. The summed E-state index contributed by atoms with van der Waals surface area (Å²) >= 11 is 0. The summed E-state index contributed by atoms with van der Waals surface area (Å²) < 4.78 is 29.5. The molecule has 0 aliphatic heterocycles. The second-order valence-electron chi connectivity index (χ2n) is 4.44. The highest BCUT2D eigenvalue weighted by Crippen LogP contribution is 2.23. The van der Waals surface area contributed by atoms with Crippen LogP contribution in [0.4, 0.5) is 0 Å². The van der Waals surface area contributed by atoms with Crippen molar-refractivity contribution in [1.29, 1.82) is 0 Å². The molecule has 1 heterocycles. The van der Waals surface area contributed by atoms with Gasteiger partial charge < -0.3 is 4.74 Å². The van der Waals surface area contributed by atoms with E-state index >= 15 is 0 Å². The first-order valence-corrected chi connectivity index (χ1v) is 7.50. The summed E-state index contributed by atoms with van der Waals surface area (Å²) in [6.07, 6.45) is 2.46. The van der Waals surface area contributed by atoms with Crippen LogP contribution in [-0.2, 0) is 9.84 Å². The number of rotatable bonds is 5. The third kappa shape index (κ3) is 2.72. The molecule has 0 spiro atoms. The number of hydrogen-bond acceptors (Lipinski definition) is 5. The maximum Gasteiger partial charge on any atom is 0.202 e. The normalized spacial score (nSPS) is 13.7. The van der Waals surface area contributed by atoms with Crippen molar-refractivity contribution < 1.29 is 17.9 Å². The fourth-order valence-corrected chi connectivity index (χ4v) is 2.01. The average Bonchev–Trinajstić information content (AvgIpc) is 2.69. The van der Waals surface area contributed by atoms with Gasteiger partial charge in [0.2, 0.25) is 5.78 Å². The van der Waals surface area contributed by atoms with Gasteiger partial charge in [0.15, 0.2) is 15.6 Å². The van der Waals surface area contributed by atoms with Crippen LogP contribution in [0.15, 0.2) is 6.20 Å². The van der Waals surface area contributed by atoms with Gasteiger partial charge in [-0.2, -0.15) is 5.10 Å². The maximum atomic E-state index is 12.2. The van der Waals surface area contributed by atoms with Gasteiger partial charge in [0.25, 0.3) is 0 Å². The van der Waals surface area contributed by atoms with Gasteiger partial charge >= 0.3 is 0 Å². The Morgan fingerprint density at radius 2 is 1.94 bits per heavy atom. The summed E-state index contributed by atoms with van der Waals surface area (Å²) in [4.78, 5) is 12.2. The van der Waals surface area contributed by atoms with Crippen LogP contribution in [-0.4, -0.2) is 42.6 Å². The van der Waals surface area contributed by atoms with Gasteiger partial charge in [0.05, 0.1) is 13.3 Å². The molecule has 6 nitrogen and oxygen atoms in total. The van der Waals surface area contributed by atoms with Gasteiger partial charge in [0, 0.05) is 12.3 Å². The number of sulfone groups is 1. The third-order valence-corrected chi connectivity index (χ3v) is 4.21. The fourth-order valence-electron chi connectivity index (χ4n) is 1.51. The van der Waals surface area contributed by atoms with Crippen LogP contribution in [0.25, 0.3) is 0 Å². The zero-order valence-electron chi connectivity index (χ0n) is 11.2. The van der Waals surface area contributed by atoms with Crippen LogP contribution < -0.4 is 4.74 Å². The highest BCUT2D eigenvalue weighted by molar-refractivity contribution is 7.92. The summed E-state index contributed by atoms with van der Waals surface area (Å²) in [6.45, 7) is 5.08. The number of ether oxygens (including phenoxy) is 1. The number of hydrogen-bond donors (Lipinski definition) is 0. The van der Waals surface area contributed by atoms with Crippen LogP contribution in [0, 0.1) is 0 Å². The number of carbonyl (C=O) groups is 1. The van der Waals surface area contributed by atoms with Crippen molar-refractivity contribution >= 4 is 15.6 Å². The lowest BCUT2D eigenvalue weighted by molar-refractivity contribution is 0.0976. The second-order valence-corrected chi connectivity index (χ2v) is 6.80. The predicted molar refractivity (Wildman–Crippen MR) is 67.8 cm³/mol. The van der Waals surface area contributed by atoms with Crippen LogP contribution in [0.1, 0.15) is 37.3 Å². The molecule has 1 rings (SSSR count). The SMILES string of the molecule is COc1cnn(C(C)C)c1C(=O)C(C)S(C)(=O)=O. The molecule has 0 fully saturated rings. The molecule has 0 aliphatic rings. The lowest BCUT2D eigenvalue weighted by Crippen LogP contribution is -2.29. The number of Topliss-reactive ketones (excluding diaryl/α,β-unsaturated/α-hetero) is 1. The lowest BCUT2D eigenvalue weighted by atomic mass is 10.2. The molecule has 7 heteroatoms. The van der Waals surface area contributed by atoms with E-state index in [2.05, 4.69) is 5.10 Å². The minimum absolute atomic E-state index is 0.0559. The molecular formula is C11H18N2O4S. The van der Waals surface area contributed by atoms with Gasteiger partial charge in [0.1, 0.15) is 10.9 Å². The van der Waals surface area contributed by atoms with Crippen LogP contribution in [0.3, 0.4) is 0 Å². The van der Waals surface area contributed by atoms with Gasteiger partial charge in [-0.15, -0.1) is 0 Å². The van der Waals surface area contributed by atoms with Crippen molar-refractivity contribution in [2.24, 2.45) is 0 Å². The number of carbonyl (C=O) groups excluding carboxylic acids is 1. The van der Waals surface area contributed by atoms with E-state index in [-0.39, 0.29) is 11.7 Å². The van der Waals surface area contributed by atoms with E-state index in [1.807, 2.05) is 13.8 Å². The first-order valence-electron chi connectivity index (χ1n) is 5.54. The van der Waals surface area contributed by atoms with Crippen molar-refractivity contribution in [2.75, 3.05) is 13.4 Å². The van der Waals surface area contributed by atoms with E-state index in [4.69, 9.17) is 4.74 Å². The Hall–Kier alpha value is -1.37. The number of aromatic nitrogens is 2. The van der Waals surface area contributed by atoms with Gasteiger partial charge in [-0.25, -0.2) is 8.42 Å². The molecule has 1 aromatic rings. The molecule has 0 saturated carbocycles. The van der Waals surface area contributed by atoms with Crippen molar-refractivity contribution in [1.82, 2.24) is 9.78 Å². The van der Waals surface area contributed by atoms with Crippen LogP contribution in [0.5, 0.6) is 5.75 Å². The molecule has 18 heavy (non-hydrogen) atoms. The molecule has 1 aromatic heterocycles. The highest BCUT2D eigenvalue weighted by Gasteiger charge is 2.31. The van der Waals surface area contributed by atoms with Crippen molar-refractivity contribution in [3.63, 3.8) is 0 Å². The van der Waals surface area contributed by atoms with Crippen LogP contribution in [0.2, 0.25) is 0 Å². The molecule has 0 aromatic carbocycles. The molecule has 0 radical (unpaired) electrons. The maximum absolute atomic E-state index is 12.2. The average molecular weight is 274 g/mol. The summed E-state index contributed by atoms with van der Waals surface area (Å²) in [5.74, 6) is -0.204. The van der Waals surface area contributed by atoms with Crippen molar-refractivity contribution in [3.05, 3.63) is 11.9 Å². The van der Waals surface area contributed by atoms with Crippen molar-refractivity contribution in [3.8, 4) is 5.75 Å². The van der Waals surface area contributed by atoms with E-state index in [9.17, 15) is 13.2 Å². The molecule has 0 aliphatic carbocycles. The minimum Gasteiger partial charge on any atom is -0.493 e. The topological polar surface area (TPSA) is 78.3 Å². The van der Waals surface area contributed by atoms with E-state index in [1.54, 1.807) is 0 Å². The standard InChI is InChI=1S/C11H18N2O4S/c1-7(2)13-10(9(17-4)6-12-13)11(14)8(3)18(5,15)16/h6-8H,1-5H3. The first kappa shape index (κ1) is 14.7. The molecular weight excluding hydrogens is 256 g/mol. The quantitative estimate of drug-likeness (QED) is 0.751. The zero-order valence-corrected chi connectivity index (χ0v) is 12.0. The minimum atomic E-state index is -3.44. The number of nitrogens with zero attached hydrogens (tertiary/aromatic N) is 2. The van der Waals surface area contributed by atoms with Crippen molar-refractivity contribution in [2.45, 2.75) is 32.1 Å². The molecule has 0 bridgehead atoms. The Morgan fingerprint density at radius 3 is 2.33 bits per heavy atom. The Morgan fingerprint density at radius 1 is 1.39 bits per heavy atom. The zero-order chi connectivity index (χ0) is 14.1. The Kier molecular flexibility index (Phi) is 4.16. The van der Waals surface area contributed by atoms with E-state index in [1.165, 1.54) is 24.9 Å². The molecule has 0 N–H and O–H groups in total. The van der Waals surface area contributed by atoms with E-state index in [0.29, 0.717) is 5.75 Å². The number of methoxy groups -OCH3 is 1. The fraction of sp³-hybridized carbons (Fsp3) is 0.636. The Labute approximate surface area is 107 Å². The van der Waals surface area contributed by atoms with Gasteiger partial charge in [-0.1, -0.05) is 0 Å². The monoisotopic (exact) mass is 274 g/mol. The second kappa shape index (κ2) is 5.09.